The van der Waals surface area contributed by atoms with Gasteiger partial charge in [0.15, 0.2) is 6.29 Å². The fourth-order valence-electron chi connectivity index (χ4n) is 1.93. The van der Waals surface area contributed by atoms with E-state index in [2.05, 4.69) is 0 Å². The van der Waals surface area contributed by atoms with Crippen molar-refractivity contribution in [3.63, 3.8) is 0 Å². The van der Waals surface area contributed by atoms with Crippen molar-refractivity contribution in [3.8, 4) is 5.75 Å². The maximum atomic E-state index is 11.3. The molecule has 4 heteroatoms. The van der Waals surface area contributed by atoms with Gasteiger partial charge in [0.05, 0.1) is 5.56 Å². The van der Waals surface area contributed by atoms with Crippen molar-refractivity contribution in [1.82, 2.24) is 0 Å². The van der Waals surface area contributed by atoms with Crippen LogP contribution in [0.15, 0.2) is 12.1 Å². The Kier molecular flexibility index (Phi) is 4.27. The van der Waals surface area contributed by atoms with Crippen LogP contribution >= 0.6 is 0 Å². The molecule has 0 radical (unpaired) electrons. The van der Waals surface area contributed by atoms with Gasteiger partial charge in [-0.2, -0.15) is 0 Å². The molecule has 1 rings (SSSR count). The third-order valence-corrected chi connectivity index (χ3v) is 3.11. The van der Waals surface area contributed by atoms with Crippen LogP contribution in [0.2, 0.25) is 0 Å². The van der Waals surface area contributed by atoms with E-state index in [0.717, 1.165) is 11.1 Å². The SMILES string of the molecule is CC(C)(C)c1cc(C=O)c(OC(=O)O)c(C(C)(C)C)c1. The molecule has 20 heavy (non-hydrogen) atoms. The number of rotatable bonds is 2. The number of aldehydes is 1. The summed E-state index contributed by atoms with van der Waals surface area (Å²) in [4.78, 5) is 22.2. The van der Waals surface area contributed by atoms with Crippen LogP contribution in [-0.4, -0.2) is 17.5 Å². The van der Waals surface area contributed by atoms with Crippen molar-refractivity contribution in [2.45, 2.75) is 52.4 Å². The molecule has 0 saturated heterocycles. The second-order valence-electron chi connectivity index (χ2n) is 6.93. The van der Waals surface area contributed by atoms with Crippen molar-refractivity contribution in [1.29, 1.82) is 0 Å². The Labute approximate surface area is 119 Å². The minimum atomic E-state index is -1.41. The summed E-state index contributed by atoms with van der Waals surface area (Å²) in [6.45, 7) is 12.0. The van der Waals surface area contributed by atoms with E-state index in [0.29, 0.717) is 6.29 Å². The molecule has 0 aromatic heterocycles. The normalized spacial score (nSPS) is 12.1. The molecule has 0 spiro atoms. The summed E-state index contributed by atoms with van der Waals surface area (Å²) in [5, 5.41) is 8.87. The van der Waals surface area contributed by atoms with Gasteiger partial charge in [0.2, 0.25) is 0 Å². The average molecular weight is 278 g/mol. The highest BCUT2D eigenvalue weighted by atomic mass is 16.7. The monoisotopic (exact) mass is 278 g/mol. The molecular weight excluding hydrogens is 256 g/mol. The molecule has 4 nitrogen and oxygen atoms in total. The van der Waals surface area contributed by atoms with Crippen LogP contribution in [0.3, 0.4) is 0 Å². The zero-order chi connectivity index (χ0) is 15.7. The molecule has 1 N–H and O–H groups in total. The molecule has 0 aliphatic rings. The Bertz CT molecular complexity index is 531. The third kappa shape index (κ3) is 3.59. The van der Waals surface area contributed by atoms with Gasteiger partial charge in [-0.15, -0.1) is 0 Å². The Balaban J connectivity index is 3.65. The lowest BCUT2D eigenvalue weighted by atomic mass is 9.79. The number of carbonyl (C=O) groups excluding carboxylic acids is 1. The minimum absolute atomic E-state index is 0.132. The maximum Gasteiger partial charge on any atom is 0.511 e. The Morgan fingerprint density at radius 3 is 2.00 bits per heavy atom. The largest absolute Gasteiger partial charge is 0.511 e. The van der Waals surface area contributed by atoms with Crippen molar-refractivity contribution in [2.75, 3.05) is 0 Å². The summed E-state index contributed by atoms with van der Waals surface area (Å²) < 4.78 is 4.85. The molecule has 1 aromatic rings. The summed E-state index contributed by atoms with van der Waals surface area (Å²) in [5.41, 5.74) is 1.49. The van der Waals surface area contributed by atoms with E-state index in [9.17, 15) is 9.59 Å². The molecule has 0 amide bonds. The highest BCUT2D eigenvalue weighted by molar-refractivity contribution is 5.83. The molecule has 110 valence electrons. The van der Waals surface area contributed by atoms with Gasteiger partial charge >= 0.3 is 6.16 Å². The number of hydrogen-bond acceptors (Lipinski definition) is 3. The first-order valence-corrected chi connectivity index (χ1v) is 6.52. The van der Waals surface area contributed by atoms with E-state index in [1.165, 1.54) is 0 Å². The fraction of sp³-hybridized carbons (Fsp3) is 0.500. The first-order valence-electron chi connectivity index (χ1n) is 6.52. The van der Waals surface area contributed by atoms with Gasteiger partial charge in [-0.3, -0.25) is 4.79 Å². The van der Waals surface area contributed by atoms with Crippen LogP contribution in [0, 0.1) is 0 Å². The number of ether oxygens (including phenoxy) is 1. The van der Waals surface area contributed by atoms with E-state index in [4.69, 9.17) is 9.84 Å². The van der Waals surface area contributed by atoms with Gasteiger partial charge < -0.3 is 9.84 Å². The van der Waals surface area contributed by atoms with Gasteiger partial charge in [-0.25, -0.2) is 4.79 Å². The summed E-state index contributed by atoms with van der Waals surface area (Å²) in [6.07, 6.45) is -0.773. The second kappa shape index (κ2) is 5.27. The van der Waals surface area contributed by atoms with Crippen LogP contribution in [-0.2, 0) is 10.8 Å². The summed E-state index contributed by atoms with van der Waals surface area (Å²) in [6, 6.07) is 3.62. The van der Waals surface area contributed by atoms with Gasteiger partial charge in [-0.1, -0.05) is 47.6 Å². The highest BCUT2D eigenvalue weighted by Gasteiger charge is 2.27. The van der Waals surface area contributed by atoms with Crippen LogP contribution in [0.4, 0.5) is 4.79 Å². The predicted octanol–water partition coefficient (Wildman–Crippen LogP) is 4.15. The van der Waals surface area contributed by atoms with Crippen LogP contribution in [0.1, 0.15) is 63.0 Å². The molecule has 0 atom stereocenters. The van der Waals surface area contributed by atoms with Gasteiger partial charge in [0.1, 0.15) is 5.75 Å². The predicted molar refractivity (Wildman–Crippen MR) is 77.9 cm³/mol. The number of carbonyl (C=O) groups is 2. The van der Waals surface area contributed by atoms with E-state index in [1.807, 2.05) is 47.6 Å². The summed E-state index contributed by atoms with van der Waals surface area (Å²) in [7, 11) is 0. The van der Waals surface area contributed by atoms with Crippen LogP contribution < -0.4 is 4.74 Å². The number of hydrogen-bond donors (Lipinski definition) is 1. The lowest BCUT2D eigenvalue weighted by Gasteiger charge is -2.27. The minimum Gasteiger partial charge on any atom is -0.449 e. The number of carboxylic acid groups (broad SMARTS) is 1. The second-order valence-corrected chi connectivity index (χ2v) is 6.93. The lowest BCUT2D eigenvalue weighted by molar-refractivity contribution is 0.111. The van der Waals surface area contributed by atoms with Gasteiger partial charge in [-0.05, 0) is 22.5 Å². The van der Waals surface area contributed by atoms with E-state index < -0.39 is 6.16 Å². The molecule has 0 fully saturated rings. The van der Waals surface area contributed by atoms with Crippen molar-refractivity contribution in [3.05, 3.63) is 28.8 Å². The molecule has 0 aliphatic heterocycles. The maximum absolute atomic E-state index is 11.3. The summed E-state index contributed by atoms with van der Waals surface area (Å²) in [5.74, 6) is 0.132. The first kappa shape index (κ1) is 16.2. The zero-order valence-corrected chi connectivity index (χ0v) is 12.9. The van der Waals surface area contributed by atoms with Crippen LogP contribution in [0.5, 0.6) is 5.75 Å². The zero-order valence-electron chi connectivity index (χ0n) is 12.9. The topological polar surface area (TPSA) is 63.6 Å². The van der Waals surface area contributed by atoms with Gasteiger partial charge in [0, 0.05) is 5.56 Å². The molecule has 0 bridgehead atoms. The quantitative estimate of drug-likeness (QED) is 0.501. The van der Waals surface area contributed by atoms with Gasteiger partial charge in [0.25, 0.3) is 0 Å². The van der Waals surface area contributed by atoms with Crippen molar-refractivity contribution >= 4 is 12.4 Å². The molecule has 1 aromatic carbocycles. The lowest BCUT2D eigenvalue weighted by Crippen LogP contribution is -2.20. The molecule has 0 saturated carbocycles. The Morgan fingerprint density at radius 1 is 1.10 bits per heavy atom. The van der Waals surface area contributed by atoms with E-state index >= 15 is 0 Å². The third-order valence-electron chi connectivity index (χ3n) is 3.11. The molecular formula is C16H22O4. The summed E-state index contributed by atoms with van der Waals surface area (Å²) >= 11 is 0. The van der Waals surface area contributed by atoms with Crippen molar-refractivity contribution < 1.29 is 19.4 Å². The Morgan fingerprint density at radius 2 is 1.65 bits per heavy atom. The first-order chi connectivity index (χ1) is 8.96. The van der Waals surface area contributed by atoms with E-state index in [-0.39, 0.29) is 22.1 Å². The molecule has 0 aliphatic carbocycles. The number of benzene rings is 1. The Hall–Kier alpha value is -1.84. The average Bonchev–Trinajstić information content (AvgIpc) is 2.25. The molecule has 0 heterocycles. The highest BCUT2D eigenvalue weighted by Crippen LogP contribution is 2.37. The standard InChI is InChI=1S/C16H22O4/c1-15(2,3)11-7-10(9-17)13(20-14(18)19)12(8-11)16(4,5)6/h7-9H,1-6H3,(H,18,19). The smallest absolute Gasteiger partial charge is 0.449 e. The van der Waals surface area contributed by atoms with Crippen LogP contribution in [0.25, 0.3) is 0 Å². The van der Waals surface area contributed by atoms with E-state index in [1.54, 1.807) is 6.07 Å². The van der Waals surface area contributed by atoms with Crippen molar-refractivity contribution in [2.24, 2.45) is 0 Å². The molecule has 0 unspecified atom stereocenters. The fourth-order valence-corrected chi connectivity index (χ4v) is 1.93.